The van der Waals surface area contributed by atoms with Crippen molar-refractivity contribution in [3.05, 3.63) is 23.8 Å². The zero-order valence-electron chi connectivity index (χ0n) is 12.1. The summed E-state index contributed by atoms with van der Waals surface area (Å²) >= 11 is 0. The Bertz CT molecular complexity index is 438. The lowest BCUT2D eigenvalue weighted by atomic mass is 10.1. The van der Waals surface area contributed by atoms with Gasteiger partial charge in [0.25, 0.3) is 0 Å². The highest BCUT2D eigenvalue weighted by Crippen LogP contribution is 2.32. The summed E-state index contributed by atoms with van der Waals surface area (Å²) in [7, 11) is 2.19. The van der Waals surface area contributed by atoms with Gasteiger partial charge in [0.15, 0.2) is 0 Å². The molecule has 104 valence electrons. The quantitative estimate of drug-likeness (QED) is 0.830. The summed E-state index contributed by atoms with van der Waals surface area (Å²) in [5.41, 5.74) is 2.85. The smallest absolute Gasteiger partial charge is 0.121 e. The molecule has 0 N–H and O–H groups in total. The maximum atomic E-state index is 6.17. The van der Waals surface area contributed by atoms with E-state index < -0.39 is 0 Å². The van der Waals surface area contributed by atoms with Gasteiger partial charge in [0.2, 0.25) is 0 Å². The molecule has 0 bridgehead atoms. The summed E-state index contributed by atoms with van der Waals surface area (Å²) in [6.07, 6.45) is 3.86. The van der Waals surface area contributed by atoms with Gasteiger partial charge in [-0.15, -0.1) is 0 Å². The molecule has 3 heteroatoms. The molecule has 2 aliphatic rings. The van der Waals surface area contributed by atoms with E-state index >= 15 is 0 Å². The summed E-state index contributed by atoms with van der Waals surface area (Å²) in [4.78, 5) is 4.82. The molecule has 0 spiro atoms. The minimum atomic E-state index is 0.394. The van der Waals surface area contributed by atoms with E-state index in [0.717, 1.165) is 44.8 Å². The second kappa shape index (κ2) is 5.41. The largest absolute Gasteiger partial charge is 0.490 e. The third-order valence-corrected chi connectivity index (χ3v) is 4.40. The van der Waals surface area contributed by atoms with Crippen molar-refractivity contribution in [1.82, 2.24) is 4.90 Å². The van der Waals surface area contributed by atoms with Crippen molar-refractivity contribution in [2.75, 3.05) is 38.1 Å². The summed E-state index contributed by atoms with van der Waals surface area (Å²) in [6.45, 7) is 6.77. The van der Waals surface area contributed by atoms with Gasteiger partial charge in [0, 0.05) is 37.9 Å². The van der Waals surface area contributed by atoms with Gasteiger partial charge in [-0.05, 0) is 44.9 Å². The molecule has 19 heavy (non-hydrogen) atoms. The van der Waals surface area contributed by atoms with Crippen molar-refractivity contribution >= 4 is 5.69 Å². The van der Waals surface area contributed by atoms with Crippen LogP contribution in [0.4, 0.5) is 5.69 Å². The molecule has 2 aliphatic heterocycles. The number of fused-ring (bicyclic) bond motifs is 1. The molecule has 1 aromatic carbocycles. The second-order valence-electron chi connectivity index (χ2n) is 5.74. The third-order valence-electron chi connectivity index (χ3n) is 4.40. The Labute approximate surface area is 116 Å². The molecular weight excluding hydrogens is 236 g/mol. The van der Waals surface area contributed by atoms with Crippen LogP contribution in [0.25, 0.3) is 0 Å². The third kappa shape index (κ3) is 2.71. The average Bonchev–Trinajstić information content (AvgIpc) is 2.84. The number of nitrogens with zero attached hydrogens (tertiary/aromatic N) is 2. The topological polar surface area (TPSA) is 15.7 Å². The normalized spacial score (nSPS) is 20.6. The Morgan fingerprint density at radius 1 is 1.21 bits per heavy atom. The van der Waals surface area contributed by atoms with Crippen LogP contribution >= 0.6 is 0 Å². The predicted octanol–water partition coefficient (Wildman–Crippen LogP) is 2.54. The first-order valence-corrected chi connectivity index (χ1v) is 7.49. The molecule has 1 aromatic rings. The zero-order valence-corrected chi connectivity index (χ0v) is 12.1. The predicted molar refractivity (Wildman–Crippen MR) is 79.2 cm³/mol. The molecule has 0 amide bonds. The van der Waals surface area contributed by atoms with Crippen LogP contribution in [0.5, 0.6) is 5.75 Å². The van der Waals surface area contributed by atoms with Gasteiger partial charge in [0.1, 0.15) is 11.9 Å². The van der Waals surface area contributed by atoms with Gasteiger partial charge < -0.3 is 14.5 Å². The standard InChI is InChI=1S/C16H24N2O/c1-3-18-11-6-13-4-5-15(12-16(13)18)19-14-7-9-17(2)10-8-14/h4-5,12,14H,3,6-11H2,1-2H3. The first-order chi connectivity index (χ1) is 9.26. The van der Waals surface area contributed by atoms with Crippen molar-refractivity contribution < 1.29 is 4.74 Å². The molecule has 0 aliphatic carbocycles. The van der Waals surface area contributed by atoms with Crippen LogP contribution in [-0.4, -0.2) is 44.2 Å². The molecule has 1 saturated heterocycles. The molecule has 0 aromatic heterocycles. The van der Waals surface area contributed by atoms with E-state index in [1.165, 1.54) is 17.7 Å². The van der Waals surface area contributed by atoms with Crippen LogP contribution in [-0.2, 0) is 6.42 Å². The first kappa shape index (κ1) is 12.8. The number of anilines is 1. The molecular formula is C16H24N2O. The number of benzene rings is 1. The molecule has 3 nitrogen and oxygen atoms in total. The Morgan fingerprint density at radius 2 is 2.00 bits per heavy atom. The minimum Gasteiger partial charge on any atom is -0.490 e. The van der Waals surface area contributed by atoms with Crippen molar-refractivity contribution in [2.45, 2.75) is 32.3 Å². The fourth-order valence-corrected chi connectivity index (χ4v) is 3.12. The minimum absolute atomic E-state index is 0.394. The highest BCUT2D eigenvalue weighted by Gasteiger charge is 2.21. The van der Waals surface area contributed by atoms with E-state index in [4.69, 9.17) is 4.74 Å². The van der Waals surface area contributed by atoms with Crippen LogP contribution in [0.2, 0.25) is 0 Å². The summed E-state index contributed by atoms with van der Waals surface area (Å²) in [5, 5.41) is 0. The number of likely N-dealkylation sites (N-methyl/N-ethyl adjacent to an activating group) is 1. The lowest BCUT2D eigenvalue weighted by Crippen LogP contribution is -2.35. The highest BCUT2D eigenvalue weighted by molar-refractivity contribution is 5.60. The zero-order chi connectivity index (χ0) is 13.2. The number of rotatable bonds is 3. The Hall–Kier alpha value is -1.22. The molecule has 0 unspecified atom stereocenters. The van der Waals surface area contributed by atoms with Crippen LogP contribution in [0.1, 0.15) is 25.3 Å². The molecule has 2 heterocycles. The van der Waals surface area contributed by atoms with Crippen LogP contribution in [0.15, 0.2) is 18.2 Å². The van der Waals surface area contributed by atoms with E-state index in [0.29, 0.717) is 6.10 Å². The fraction of sp³-hybridized carbons (Fsp3) is 0.625. The number of hydrogen-bond acceptors (Lipinski definition) is 3. The Morgan fingerprint density at radius 3 is 2.74 bits per heavy atom. The maximum Gasteiger partial charge on any atom is 0.121 e. The van der Waals surface area contributed by atoms with Crippen molar-refractivity contribution in [3.63, 3.8) is 0 Å². The van der Waals surface area contributed by atoms with E-state index in [1.807, 2.05) is 0 Å². The van der Waals surface area contributed by atoms with Crippen LogP contribution in [0, 0.1) is 0 Å². The van der Waals surface area contributed by atoms with E-state index in [2.05, 4.69) is 42.0 Å². The van der Waals surface area contributed by atoms with Crippen molar-refractivity contribution in [1.29, 1.82) is 0 Å². The second-order valence-corrected chi connectivity index (χ2v) is 5.74. The van der Waals surface area contributed by atoms with E-state index in [9.17, 15) is 0 Å². The molecule has 1 fully saturated rings. The van der Waals surface area contributed by atoms with Crippen LogP contribution < -0.4 is 9.64 Å². The van der Waals surface area contributed by atoms with Gasteiger partial charge in [-0.3, -0.25) is 0 Å². The maximum absolute atomic E-state index is 6.17. The van der Waals surface area contributed by atoms with Crippen molar-refractivity contribution in [2.24, 2.45) is 0 Å². The molecule has 0 atom stereocenters. The van der Waals surface area contributed by atoms with Gasteiger partial charge in [-0.1, -0.05) is 6.07 Å². The van der Waals surface area contributed by atoms with E-state index in [-0.39, 0.29) is 0 Å². The number of likely N-dealkylation sites (tertiary alicyclic amines) is 1. The van der Waals surface area contributed by atoms with Gasteiger partial charge in [0.05, 0.1) is 0 Å². The van der Waals surface area contributed by atoms with E-state index in [1.54, 1.807) is 0 Å². The lowest BCUT2D eigenvalue weighted by Gasteiger charge is -2.29. The first-order valence-electron chi connectivity index (χ1n) is 7.49. The van der Waals surface area contributed by atoms with Crippen LogP contribution in [0.3, 0.4) is 0 Å². The summed E-state index contributed by atoms with van der Waals surface area (Å²) in [6, 6.07) is 6.63. The Kier molecular flexibility index (Phi) is 3.65. The summed E-state index contributed by atoms with van der Waals surface area (Å²) < 4.78 is 6.17. The van der Waals surface area contributed by atoms with Gasteiger partial charge in [-0.2, -0.15) is 0 Å². The van der Waals surface area contributed by atoms with Crippen molar-refractivity contribution in [3.8, 4) is 5.75 Å². The fourth-order valence-electron chi connectivity index (χ4n) is 3.12. The average molecular weight is 260 g/mol. The van der Waals surface area contributed by atoms with Gasteiger partial charge >= 0.3 is 0 Å². The van der Waals surface area contributed by atoms with Gasteiger partial charge in [-0.25, -0.2) is 0 Å². The number of piperidine rings is 1. The SMILES string of the molecule is CCN1CCc2ccc(OC3CCN(C)CC3)cc21. The molecule has 0 radical (unpaired) electrons. The Balaban J connectivity index is 1.69. The lowest BCUT2D eigenvalue weighted by molar-refractivity contribution is 0.114. The molecule has 3 rings (SSSR count). The monoisotopic (exact) mass is 260 g/mol. The summed E-state index contributed by atoms with van der Waals surface area (Å²) in [5.74, 6) is 1.05. The molecule has 0 saturated carbocycles. The highest BCUT2D eigenvalue weighted by atomic mass is 16.5. The number of ether oxygens (including phenoxy) is 1. The number of hydrogen-bond donors (Lipinski definition) is 0.